The van der Waals surface area contributed by atoms with Gasteiger partial charge in [-0.15, -0.1) is 0 Å². The number of nitrogens with two attached hydrogens (primary N) is 1. The van der Waals surface area contributed by atoms with Gasteiger partial charge in [-0.2, -0.15) is 14.9 Å². The number of benzene rings is 1. The van der Waals surface area contributed by atoms with E-state index in [2.05, 4.69) is 10.1 Å². The summed E-state index contributed by atoms with van der Waals surface area (Å²) in [6, 6.07) is 16.0. The molecule has 1 fully saturated rings. The molecular formula is C24H21BN6O. The van der Waals surface area contributed by atoms with Gasteiger partial charge in [0.2, 0.25) is 0 Å². The van der Waals surface area contributed by atoms with Crippen LogP contribution < -0.4 is 11.2 Å². The SMILES string of the molecule is [B]c1c(C2CCC(O)(C#N)CC2)nc2c(-c3ccc(-c4ccccc4)nc3)cnn2c1N. The molecule has 5 rings (SSSR count). The summed E-state index contributed by atoms with van der Waals surface area (Å²) in [5.74, 6) is 0.364. The van der Waals surface area contributed by atoms with E-state index in [1.807, 2.05) is 48.5 Å². The highest BCUT2D eigenvalue weighted by Gasteiger charge is 2.35. The molecule has 1 aromatic carbocycles. The lowest BCUT2D eigenvalue weighted by Gasteiger charge is -2.31. The molecule has 0 amide bonds. The van der Waals surface area contributed by atoms with Gasteiger partial charge in [0.05, 0.1) is 18.0 Å². The quantitative estimate of drug-likeness (QED) is 0.389. The lowest BCUT2D eigenvalue weighted by molar-refractivity contribution is 0.0525. The number of hydrogen-bond donors (Lipinski definition) is 2. The smallest absolute Gasteiger partial charge is 0.165 e. The van der Waals surface area contributed by atoms with Crippen LogP contribution in [0, 0.1) is 11.3 Å². The second kappa shape index (κ2) is 7.77. The third-order valence-electron chi connectivity index (χ3n) is 6.30. The first-order chi connectivity index (χ1) is 15.5. The van der Waals surface area contributed by atoms with Crippen LogP contribution in [0.5, 0.6) is 0 Å². The second-order valence-electron chi connectivity index (χ2n) is 8.31. The first kappa shape index (κ1) is 20.2. The zero-order chi connectivity index (χ0) is 22.3. The Morgan fingerprint density at radius 3 is 2.50 bits per heavy atom. The maximum atomic E-state index is 10.2. The van der Waals surface area contributed by atoms with E-state index in [-0.39, 0.29) is 5.92 Å². The molecule has 0 atom stereocenters. The predicted octanol–water partition coefficient (Wildman–Crippen LogP) is 2.75. The van der Waals surface area contributed by atoms with Gasteiger partial charge >= 0.3 is 0 Å². The molecule has 1 saturated carbocycles. The maximum absolute atomic E-state index is 10.2. The molecule has 156 valence electrons. The van der Waals surface area contributed by atoms with Crippen molar-refractivity contribution in [2.45, 2.75) is 37.2 Å². The molecule has 4 aromatic rings. The average Bonchev–Trinajstić information content (AvgIpc) is 3.27. The van der Waals surface area contributed by atoms with E-state index in [0.29, 0.717) is 48.3 Å². The van der Waals surface area contributed by atoms with Crippen LogP contribution in [0.4, 0.5) is 5.82 Å². The Hall–Kier alpha value is -3.70. The molecule has 3 aromatic heterocycles. The Kier molecular flexibility index (Phi) is 4.91. The molecule has 1 aliphatic carbocycles. The number of anilines is 1. The lowest BCUT2D eigenvalue weighted by atomic mass is 9.75. The van der Waals surface area contributed by atoms with Crippen LogP contribution in [0.25, 0.3) is 28.0 Å². The monoisotopic (exact) mass is 420 g/mol. The van der Waals surface area contributed by atoms with E-state index in [0.717, 1.165) is 22.4 Å². The molecule has 0 spiro atoms. The average molecular weight is 420 g/mol. The zero-order valence-corrected chi connectivity index (χ0v) is 17.4. The Morgan fingerprint density at radius 1 is 1.09 bits per heavy atom. The molecule has 7 nitrogen and oxygen atoms in total. The van der Waals surface area contributed by atoms with Crippen LogP contribution >= 0.6 is 0 Å². The molecule has 0 bridgehead atoms. The highest BCUT2D eigenvalue weighted by Crippen LogP contribution is 2.37. The van der Waals surface area contributed by atoms with Crippen LogP contribution in [0.3, 0.4) is 0 Å². The van der Waals surface area contributed by atoms with Gasteiger partial charge in [0, 0.05) is 34.5 Å². The minimum atomic E-state index is -1.27. The molecule has 0 aliphatic heterocycles. The molecule has 3 N–H and O–H groups in total. The fraction of sp³-hybridized carbons (Fsp3) is 0.250. The van der Waals surface area contributed by atoms with Crippen molar-refractivity contribution in [3.63, 3.8) is 0 Å². The van der Waals surface area contributed by atoms with Crippen molar-refractivity contribution in [2.24, 2.45) is 0 Å². The lowest BCUT2D eigenvalue weighted by Crippen LogP contribution is -2.34. The largest absolute Gasteiger partial charge is 0.384 e. The number of aliphatic hydroxyl groups is 1. The summed E-state index contributed by atoms with van der Waals surface area (Å²) in [7, 11) is 6.32. The highest BCUT2D eigenvalue weighted by molar-refractivity contribution is 6.36. The molecular weight excluding hydrogens is 399 g/mol. The van der Waals surface area contributed by atoms with E-state index in [1.165, 1.54) is 0 Å². The summed E-state index contributed by atoms with van der Waals surface area (Å²) in [6.07, 6.45) is 5.54. The van der Waals surface area contributed by atoms with Crippen molar-refractivity contribution in [2.75, 3.05) is 5.73 Å². The Labute approximate surface area is 187 Å². The van der Waals surface area contributed by atoms with Gasteiger partial charge in [-0.1, -0.05) is 36.4 Å². The number of fused-ring (bicyclic) bond motifs is 1. The van der Waals surface area contributed by atoms with Gasteiger partial charge in [0.15, 0.2) is 11.2 Å². The van der Waals surface area contributed by atoms with Gasteiger partial charge < -0.3 is 10.8 Å². The van der Waals surface area contributed by atoms with E-state index in [4.69, 9.17) is 18.6 Å². The molecule has 3 heterocycles. The normalized spacial score (nSPS) is 20.8. The van der Waals surface area contributed by atoms with E-state index >= 15 is 0 Å². The predicted molar refractivity (Wildman–Crippen MR) is 123 cm³/mol. The number of nitrogens with zero attached hydrogens (tertiary/aromatic N) is 5. The standard InChI is InChI=1S/C24H21BN6O/c25-20-21(16-8-10-24(32,14-26)11-9-16)30-23-18(13-29-31(23)22(20)27)17-6-7-19(28-12-17)15-4-2-1-3-5-15/h1-7,12-13,16,32H,8-11,27H2. The molecule has 1 aliphatic rings. The zero-order valence-electron chi connectivity index (χ0n) is 17.4. The summed E-state index contributed by atoms with van der Waals surface area (Å²) in [5.41, 5.74) is 10.4. The number of pyridine rings is 1. The van der Waals surface area contributed by atoms with Crippen molar-refractivity contribution in [1.82, 2.24) is 19.6 Å². The van der Waals surface area contributed by atoms with E-state index in [9.17, 15) is 10.4 Å². The van der Waals surface area contributed by atoms with Gasteiger partial charge in [0.25, 0.3) is 0 Å². The molecule has 0 saturated heterocycles. The number of nitriles is 1. The van der Waals surface area contributed by atoms with Gasteiger partial charge in [0.1, 0.15) is 13.7 Å². The summed E-state index contributed by atoms with van der Waals surface area (Å²) in [5, 5.41) is 23.8. The van der Waals surface area contributed by atoms with Crippen LogP contribution in [-0.4, -0.2) is 38.1 Å². The summed E-state index contributed by atoms with van der Waals surface area (Å²) >= 11 is 0. The van der Waals surface area contributed by atoms with Crippen LogP contribution in [0.2, 0.25) is 0 Å². The van der Waals surface area contributed by atoms with Crippen molar-refractivity contribution in [1.29, 1.82) is 5.26 Å². The first-order valence-corrected chi connectivity index (χ1v) is 10.6. The van der Waals surface area contributed by atoms with Gasteiger partial charge in [-0.25, -0.2) is 4.98 Å². The topological polar surface area (TPSA) is 113 Å². The Morgan fingerprint density at radius 2 is 1.84 bits per heavy atom. The van der Waals surface area contributed by atoms with Gasteiger partial charge in [-0.05, 0) is 37.2 Å². The Balaban J connectivity index is 1.52. The number of hydrogen-bond acceptors (Lipinski definition) is 6. The minimum absolute atomic E-state index is 0.0252. The third-order valence-corrected chi connectivity index (χ3v) is 6.30. The first-order valence-electron chi connectivity index (χ1n) is 10.6. The molecule has 2 radical (unpaired) electrons. The summed E-state index contributed by atoms with van der Waals surface area (Å²) < 4.78 is 1.55. The molecule has 0 unspecified atom stereocenters. The third kappa shape index (κ3) is 3.41. The highest BCUT2D eigenvalue weighted by atomic mass is 16.3. The van der Waals surface area contributed by atoms with Crippen LogP contribution in [0.15, 0.2) is 54.9 Å². The van der Waals surface area contributed by atoms with Crippen molar-refractivity contribution < 1.29 is 5.11 Å². The molecule has 8 heteroatoms. The van der Waals surface area contributed by atoms with Crippen LogP contribution in [0.1, 0.15) is 37.3 Å². The molecule has 32 heavy (non-hydrogen) atoms. The minimum Gasteiger partial charge on any atom is -0.384 e. The number of nitrogen functional groups attached to an aromatic ring is 1. The van der Waals surface area contributed by atoms with Crippen LogP contribution in [-0.2, 0) is 0 Å². The van der Waals surface area contributed by atoms with Crippen molar-refractivity contribution in [3.05, 3.63) is 60.6 Å². The Bertz CT molecular complexity index is 1320. The second-order valence-corrected chi connectivity index (χ2v) is 8.31. The fourth-order valence-corrected chi connectivity index (χ4v) is 4.37. The van der Waals surface area contributed by atoms with E-state index < -0.39 is 5.60 Å². The summed E-state index contributed by atoms with van der Waals surface area (Å²) in [6.45, 7) is 0. The van der Waals surface area contributed by atoms with Gasteiger partial charge in [-0.3, -0.25) is 4.98 Å². The number of aromatic nitrogens is 4. The maximum Gasteiger partial charge on any atom is 0.165 e. The van der Waals surface area contributed by atoms with Crippen molar-refractivity contribution in [3.8, 4) is 28.5 Å². The van der Waals surface area contributed by atoms with E-state index in [1.54, 1.807) is 16.9 Å². The summed E-state index contributed by atoms with van der Waals surface area (Å²) in [4.78, 5) is 9.46. The van der Waals surface area contributed by atoms with Crippen molar-refractivity contribution >= 4 is 24.8 Å². The number of rotatable bonds is 3. The fourth-order valence-electron chi connectivity index (χ4n) is 4.37.